The smallest absolute Gasteiger partial charge is 0.343 e. The number of carbonyl (C=O) groups excluding carboxylic acids is 1. The van der Waals surface area contributed by atoms with Gasteiger partial charge in [0.25, 0.3) is 0 Å². The van der Waals surface area contributed by atoms with Crippen LogP contribution in [0, 0.1) is 22.5 Å². The van der Waals surface area contributed by atoms with E-state index in [4.69, 9.17) is 29.1 Å². The molecule has 0 spiro atoms. The summed E-state index contributed by atoms with van der Waals surface area (Å²) in [5.74, 6) is -1.80. The van der Waals surface area contributed by atoms with Crippen molar-refractivity contribution in [3.8, 4) is 33.8 Å². The first kappa shape index (κ1) is 44.1. The minimum Gasteiger partial charge on any atom is -0.494 e. The molecular formula is C52H59F2NO6. The SMILES string of the molecule is CCC1(COCCCCCCOc2ccc3cc(C(=O)Oc4ccc(-c5ccc(-c6ccc(CCCCCCC7OC7(C)C)cc6)cc5F)c(C=N)c4F)ccc3c2)COC1. The fourth-order valence-corrected chi connectivity index (χ4v) is 8.07. The molecule has 0 saturated carbocycles. The first-order valence-electron chi connectivity index (χ1n) is 22.0. The van der Waals surface area contributed by atoms with Crippen molar-refractivity contribution in [3.05, 3.63) is 119 Å². The van der Waals surface area contributed by atoms with Gasteiger partial charge in [-0.3, -0.25) is 0 Å². The van der Waals surface area contributed by atoms with Gasteiger partial charge in [-0.05, 0) is 134 Å². The van der Waals surface area contributed by atoms with Gasteiger partial charge in [-0.25, -0.2) is 13.6 Å². The van der Waals surface area contributed by atoms with Crippen LogP contribution >= 0.6 is 0 Å². The molecule has 0 bridgehead atoms. The van der Waals surface area contributed by atoms with Gasteiger partial charge in [-0.2, -0.15) is 0 Å². The molecule has 322 valence electrons. The van der Waals surface area contributed by atoms with Crippen LogP contribution in [0.2, 0.25) is 0 Å². The molecule has 9 heteroatoms. The van der Waals surface area contributed by atoms with E-state index < -0.39 is 17.6 Å². The number of rotatable bonds is 23. The van der Waals surface area contributed by atoms with Crippen LogP contribution in [0.4, 0.5) is 8.78 Å². The van der Waals surface area contributed by atoms with Crippen LogP contribution in [-0.4, -0.2) is 56.9 Å². The summed E-state index contributed by atoms with van der Waals surface area (Å²) in [5, 5.41) is 9.67. The second kappa shape index (κ2) is 20.3. The van der Waals surface area contributed by atoms with Crippen molar-refractivity contribution < 1.29 is 37.3 Å². The summed E-state index contributed by atoms with van der Waals surface area (Å²) in [5.41, 5.74) is 3.52. The average molecular weight is 832 g/mol. The van der Waals surface area contributed by atoms with Gasteiger partial charge < -0.3 is 29.1 Å². The van der Waals surface area contributed by atoms with Crippen LogP contribution in [0.25, 0.3) is 33.0 Å². The van der Waals surface area contributed by atoms with Gasteiger partial charge in [0.05, 0.1) is 43.7 Å². The van der Waals surface area contributed by atoms with E-state index in [9.17, 15) is 4.79 Å². The maximum atomic E-state index is 15.8. The van der Waals surface area contributed by atoms with Gasteiger partial charge in [0.15, 0.2) is 11.6 Å². The highest BCUT2D eigenvalue weighted by Crippen LogP contribution is 2.39. The Morgan fingerprint density at radius 3 is 2.18 bits per heavy atom. The standard InChI is InChI=1S/C52H59F2NO6/c1-4-52(34-58-35-52)33-57-27-11-7-8-12-28-59-42-23-21-38-29-41(20-19-39(38)30-42)50(56)60-47-26-25-43(45(32-55)49(47)54)44-24-22-40(31-46(44)53)37-17-15-36(16-18-37)13-9-5-6-10-14-48-51(2,3)61-48/h15-26,29-32,48,55H,4-14,27-28,33-35H2,1-3H3. The lowest BCUT2D eigenvalue weighted by molar-refractivity contribution is -0.150. The molecule has 0 amide bonds. The second-order valence-electron chi connectivity index (χ2n) is 17.3. The molecule has 1 N–H and O–H groups in total. The van der Waals surface area contributed by atoms with Gasteiger partial charge in [-0.15, -0.1) is 0 Å². The van der Waals surface area contributed by atoms with Crippen LogP contribution in [0.15, 0.2) is 91.0 Å². The Morgan fingerprint density at radius 1 is 0.787 bits per heavy atom. The third kappa shape index (κ3) is 11.3. The molecule has 2 saturated heterocycles. The van der Waals surface area contributed by atoms with Crippen LogP contribution in [0.5, 0.6) is 11.5 Å². The minimum absolute atomic E-state index is 0.0711. The van der Waals surface area contributed by atoms with E-state index >= 15 is 8.78 Å². The number of halogens is 2. The first-order valence-corrected chi connectivity index (χ1v) is 22.0. The van der Waals surface area contributed by atoms with E-state index in [1.807, 2.05) is 30.3 Å². The summed E-state index contributed by atoms with van der Waals surface area (Å²) < 4.78 is 59.9. The number of carbonyl (C=O) groups is 1. The lowest BCUT2D eigenvalue weighted by Gasteiger charge is -2.40. The minimum atomic E-state index is -0.916. The highest BCUT2D eigenvalue weighted by atomic mass is 19.1. The Labute approximate surface area is 359 Å². The zero-order valence-corrected chi connectivity index (χ0v) is 35.8. The third-order valence-corrected chi connectivity index (χ3v) is 12.4. The summed E-state index contributed by atoms with van der Waals surface area (Å²) in [4.78, 5) is 13.2. The number of nitrogens with one attached hydrogen (secondary N) is 1. The van der Waals surface area contributed by atoms with Crippen LogP contribution < -0.4 is 9.47 Å². The number of fused-ring (bicyclic) bond motifs is 1. The average Bonchev–Trinajstić information content (AvgIpc) is 3.87. The lowest BCUT2D eigenvalue weighted by Crippen LogP contribution is -2.45. The number of benzene rings is 5. The Kier molecular flexibility index (Phi) is 14.7. The monoisotopic (exact) mass is 831 g/mol. The van der Waals surface area contributed by atoms with Gasteiger partial charge >= 0.3 is 5.97 Å². The van der Waals surface area contributed by atoms with Gasteiger partial charge in [0, 0.05) is 29.4 Å². The molecule has 7 rings (SSSR count). The van der Waals surface area contributed by atoms with Gasteiger partial charge in [-0.1, -0.05) is 81.1 Å². The number of ether oxygens (including phenoxy) is 5. The summed E-state index contributed by atoms with van der Waals surface area (Å²) in [7, 11) is 0. The van der Waals surface area contributed by atoms with Crippen LogP contribution in [0.3, 0.4) is 0 Å². The Bertz CT molecular complexity index is 2280. The molecule has 2 fully saturated rings. The number of esters is 1. The molecule has 61 heavy (non-hydrogen) atoms. The van der Waals surface area contributed by atoms with Crippen molar-refractivity contribution in [1.29, 1.82) is 5.41 Å². The van der Waals surface area contributed by atoms with E-state index in [2.05, 4.69) is 32.9 Å². The summed E-state index contributed by atoms with van der Waals surface area (Å²) in [6, 6.07) is 26.6. The maximum absolute atomic E-state index is 15.8. The second-order valence-corrected chi connectivity index (χ2v) is 17.3. The summed E-state index contributed by atoms with van der Waals surface area (Å²) in [6.45, 7) is 10.3. The number of epoxide rings is 1. The van der Waals surface area contributed by atoms with E-state index in [0.717, 1.165) is 106 Å². The van der Waals surface area contributed by atoms with E-state index in [1.54, 1.807) is 30.3 Å². The number of hydrogen-bond acceptors (Lipinski definition) is 7. The number of hydrogen-bond donors (Lipinski definition) is 1. The predicted molar refractivity (Wildman–Crippen MR) is 238 cm³/mol. The van der Waals surface area contributed by atoms with Gasteiger partial charge in [0.2, 0.25) is 0 Å². The fraction of sp³-hybridized carbons (Fsp3) is 0.423. The van der Waals surface area contributed by atoms with Crippen molar-refractivity contribution in [2.75, 3.05) is 33.0 Å². The van der Waals surface area contributed by atoms with E-state index in [0.29, 0.717) is 18.3 Å². The summed E-state index contributed by atoms with van der Waals surface area (Å²) >= 11 is 0. The molecule has 0 aromatic heterocycles. The molecule has 5 aromatic carbocycles. The molecule has 2 heterocycles. The lowest BCUT2D eigenvalue weighted by atomic mass is 9.84. The summed E-state index contributed by atoms with van der Waals surface area (Å²) in [6.07, 6.45) is 13.3. The van der Waals surface area contributed by atoms with Crippen LogP contribution in [-0.2, 0) is 20.6 Å². The molecule has 2 aliphatic heterocycles. The highest BCUT2D eigenvalue weighted by Gasteiger charge is 2.46. The van der Waals surface area contributed by atoms with Crippen molar-refractivity contribution in [1.82, 2.24) is 0 Å². The number of unbranched alkanes of at least 4 members (excludes halogenated alkanes) is 6. The zero-order valence-electron chi connectivity index (χ0n) is 35.8. The Morgan fingerprint density at radius 2 is 1.48 bits per heavy atom. The maximum Gasteiger partial charge on any atom is 0.343 e. The Balaban J connectivity index is 0.881. The largest absolute Gasteiger partial charge is 0.494 e. The van der Waals surface area contributed by atoms with E-state index in [-0.39, 0.29) is 39.0 Å². The van der Waals surface area contributed by atoms with Crippen molar-refractivity contribution in [2.45, 2.75) is 103 Å². The molecular weight excluding hydrogens is 773 g/mol. The molecule has 1 unspecified atom stereocenters. The van der Waals surface area contributed by atoms with Crippen LogP contribution in [0.1, 0.15) is 106 Å². The third-order valence-electron chi connectivity index (χ3n) is 12.4. The fourth-order valence-electron chi connectivity index (χ4n) is 8.07. The molecule has 0 aliphatic carbocycles. The zero-order chi connectivity index (χ0) is 42.8. The topological polar surface area (TPSA) is 90.4 Å². The van der Waals surface area contributed by atoms with Gasteiger partial charge in [0.1, 0.15) is 11.6 Å². The Hall–Kier alpha value is -4.96. The van der Waals surface area contributed by atoms with Crippen molar-refractivity contribution >= 4 is 23.0 Å². The number of aryl methyl sites for hydroxylation is 1. The highest BCUT2D eigenvalue weighted by molar-refractivity contribution is 5.97. The van der Waals surface area contributed by atoms with Crippen molar-refractivity contribution in [2.24, 2.45) is 5.41 Å². The normalized spacial score (nSPS) is 16.2. The van der Waals surface area contributed by atoms with E-state index in [1.165, 1.54) is 43.0 Å². The van der Waals surface area contributed by atoms with Crippen molar-refractivity contribution in [3.63, 3.8) is 0 Å². The molecule has 5 aromatic rings. The predicted octanol–water partition coefficient (Wildman–Crippen LogP) is 12.7. The quantitative estimate of drug-likeness (QED) is 0.0232. The molecule has 2 aliphatic rings. The molecule has 1 atom stereocenters. The first-order chi connectivity index (χ1) is 29.6. The molecule has 0 radical (unpaired) electrons. The molecule has 7 nitrogen and oxygen atoms in total.